The second-order valence-electron chi connectivity index (χ2n) is 8.00. The molecule has 1 aromatic heterocycles. The molecule has 152 valence electrons. The SMILES string of the molecule is Cc1cnc(C(=O)C2CC3COCC(C2)N3C(=O)OCc2ccccc2)c(C)c1. The minimum Gasteiger partial charge on any atom is -0.445 e. The maximum Gasteiger partial charge on any atom is 0.410 e. The third-order valence-corrected chi connectivity index (χ3v) is 5.76. The zero-order chi connectivity index (χ0) is 20.4. The standard InChI is InChI=1S/C23H26N2O4/c1-15-8-16(2)21(24-11-15)22(26)18-9-19-13-28-14-20(10-18)25(19)23(27)29-12-17-6-4-3-5-7-17/h3-8,11,18-20H,9-10,12-14H2,1-2H3. The first-order valence-electron chi connectivity index (χ1n) is 10.1. The van der Waals surface area contributed by atoms with Crippen LogP contribution in [0.2, 0.25) is 0 Å². The van der Waals surface area contributed by atoms with Crippen LogP contribution in [0.5, 0.6) is 0 Å². The molecule has 0 aliphatic carbocycles. The number of nitrogens with zero attached hydrogens (tertiary/aromatic N) is 2. The molecule has 0 radical (unpaired) electrons. The van der Waals surface area contributed by atoms with Crippen molar-refractivity contribution in [3.63, 3.8) is 0 Å². The molecule has 1 amide bonds. The molecule has 2 bridgehead atoms. The lowest BCUT2D eigenvalue weighted by molar-refractivity contribution is -0.0756. The number of amides is 1. The minimum atomic E-state index is -0.331. The highest BCUT2D eigenvalue weighted by Crippen LogP contribution is 2.34. The number of rotatable bonds is 4. The van der Waals surface area contributed by atoms with Crippen molar-refractivity contribution < 1.29 is 19.1 Å². The topological polar surface area (TPSA) is 68.7 Å². The number of aromatic nitrogens is 1. The molecule has 4 rings (SSSR count). The van der Waals surface area contributed by atoms with Crippen LogP contribution in [0.3, 0.4) is 0 Å². The smallest absolute Gasteiger partial charge is 0.410 e. The van der Waals surface area contributed by atoms with Crippen LogP contribution in [0.25, 0.3) is 0 Å². The number of benzene rings is 1. The fourth-order valence-corrected chi connectivity index (χ4v) is 4.39. The van der Waals surface area contributed by atoms with Crippen LogP contribution in [-0.2, 0) is 16.1 Å². The van der Waals surface area contributed by atoms with E-state index in [-0.39, 0.29) is 36.5 Å². The molecule has 0 N–H and O–H groups in total. The molecule has 6 nitrogen and oxygen atoms in total. The summed E-state index contributed by atoms with van der Waals surface area (Å²) in [5.41, 5.74) is 3.44. The number of hydrogen-bond donors (Lipinski definition) is 0. The van der Waals surface area contributed by atoms with Crippen molar-refractivity contribution in [2.24, 2.45) is 5.92 Å². The third kappa shape index (κ3) is 4.17. The van der Waals surface area contributed by atoms with E-state index in [2.05, 4.69) is 4.98 Å². The van der Waals surface area contributed by atoms with Gasteiger partial charge in [0, 0.05) is 12.1 Å². The third-order valence-electron chi connectivity index (χ3n) is 5.76. The van der Waals surface area contributed by atoms with Gasteiger partial charge in [0.1, 0.15) is 12.3 Å². The average molecular weight is 394 g/mol. The highest BCUT2D eigenvalue weighted by molar-refractivity contribution is 5.97. The summed E-state index contributed by atoms with van der Waals surface area (Å²) < 4.78 is 11.2. The van der Waals surface area contributed by atoms with Gasteiger partial charge in [-0.15, -0.1) is 0 Å². The lowest BCUT2D eigenvalue weighted by atomic mass is 9.81. The van der Waals surface area contributed by atoms with Crippen molar-refractivity contribution in [3.05, 3.63) is 65.0 Å². The van der Waals surface area contributed by atoms with E-state index in [1.54, 1.807) is 11.1 Å². The summed E-state index contributed by atoms with van der Waals surface area (Å²) in [4.78, 5) is 32.0. The van der Waals surface area contributed by atoms with Crippen molar-refractivity contribution in [2.75, 3.05) is 13.2 Å². The summed E-state index contributed by atoms with van der Waals surface area (Å²) in [6.07, 6.45) is 2.55. The Labute approximate surface area is 170 Å². The molecule has 2 fully saturated rings. The number of ketones is 1. The lowest BCUT2D eigenvalue weighted by Crippen LogP contribution is -2.60. The van der Waals surface area contributed by atoms with Crippen molar-refractivity contribution in [1.82, 2.24) is 9.88 Å². The van der Waals surface area contributed by atoms with Crippen LogP contribution in [-0.4, -0.2) is 47.1 Å². The predicted octanol–water partition coefficient (Wildman–Crippen LogP) is 3.70. The van der Waals surface area contributed by atoms with Gasteiger partial charge in [-0.05, 0) is 43.4 Å². The normalized spacial score (nSPS) is 23.5. The van der Waals surface area contributed by atoms with Crippen molar-refractivity contribution >= 4 is 11.9 Å². The molecule has 0 spiro atoms. The second kappa shape index (κ2) is 8.33. The summed E-state index contributed by atoms with van der Waals surface area (Å²) in [5.74, 6) is -0.0855. The summed E-state index contributed by atoms with van der Waals surface area (Å²) in [5, 5.41) is 0. The lowest BCUT2D eigenvalue weighted by Gasteiger charge is -2.47. The Morgan fingerprint density at radius 3 is 2.48 bits per heavy atom. The molecule has 0 saturated carbocycles. The summed E-state index contributed by atoms with van der Waals surface area (Å²) >= 11 is 0. The van der Waals surface area contributed by atoms with Gasteiger partial charge in [-0.1, -0.05) is 36.4 Å². The Bertz CT molecular complexity index is 885. The van der Waals surface area contributed by atoms with Gasteiger partial charge >= 0.3 is 6.09 Å². The molecule has 2 atom stereocenters. The van der Waals surface area contributed by atoms with E-state index in [1.165, 1.54) is 0 Å². The molecule has 2 unspecified atom stereocenters. The first-order valence-corrected chi connectivity index (χ1v) is 10.1. The monoisotopic (exact) mass is 394 g/mol. The number of hydrogen-bond acceptors (Lipinski definition) is 5. The molecule has 2 aliphatic rings. The van der Waals surface area contributed by atoms with Crippen LogP contribution in [0, 0.1) is 19.8 Å². The maximum absolute atomic E-state index is 13.1. The fourth-order valence-electron chi connectivity index (χ4n) is 4.39. The molecule has 2 aromatic rings. The van der Waals surface area contributed by atoms with E-state index in [4.69, 9.17) is 9.47 Å². The highest BCUT2D eigenvalue weighted by Gasteiger charge is 2.44. The largest absolute Gasteiger partial charge is 0.445 e. The van der Waals surface area contributed by atoms with Crippen molar-refractivity contribution in [2.45, 2.75) is 45.4 Å². The van der Waals surface area contributed by atoms with Crippen molar-refractivity contribution in [1.29, 1.82) is 0 Å². The van der Waals surface area contributed by atoms with E-state index in [0.29, 0.717) is 31.7 Å². The second-order valence-corrected chi connectivity index (χ2v) is 8.00. The number of carbonyl (C=O) groups excluding carboxylic acids is 2. The van der Waals surface area contributed by atoms with E-state index < -0.39 is 0 Å². The summed E-state index contributed by atoms with van der Waals surface area (Å²) in [6.45, 7) is 5.00. The van der Waals surface area contributed by atoms with Crippen LogP contribution < -0.4 is 0 Å². The number of ether oxygens (including phenoxy) is 2. The Morgan fingerprint density at radius 2 is 1.83 bits per heavy atom. The number of Topliss-reactive ketones (excluding diaryl/α,β-unsaturated/α-hetero) is 1. The Balaban J connectivity index is 1.44. The van der Waals surface area contributed by atoms with Crippen molar-refractivity contribution in [3.8, 4) is 0 Å². The van der Waals surface area contributed by atoms with E-state index in [0.717, 1.165) is 16.7 Å². The summed E-state index contributed by atoms with van der Waals surface area (Å²) in [6, 6.07) is 11.3. The Morgan fingerprint density at radius 1 is 1.14 bits per heavy atom. The Hall–Kier alpha value is -2.73. The number of morpholine rings is 1. The van der Waals surface area contributed by atoms with Crippen LogP contribution in [0.1, 0.15) is 40.0 Å². The molecule has 2 aliphatic heterocycles. The van der Waals surface area contributed by atoms with E-state index in [9.17, 15) is 9.59 Å². The van der Waals surface area contributed by atoms with Crippen LogP contribution in [0.15, 0.2) is 42.6 Å². The van der Waals surface area contributed by atoms with Crippen LogP contribution >= 0.6 is 0 Å². The number of fused-ring (bicyclic) bond motifs is 2. The minimum absolute atomic E-state index is 0.0664. The quantitative estimate of drug-likeness (QED) is 0.740. The molecule has 6 heteroatoms. The van der Waals surface area contributed by atoms with Gasteiger partial charge < -0.3 is 9.47 Å². The molecule has 29 heavy (non-hydrogen) atoms. The van der Waals surface area contributed by atoms with Gasteiger partial charge in [-0.2, -0.15) is 0 Å². The van der Waals surface area contributed by atoms with Crippen LogP contribution in [0.4, 0.5) is 4.79 Å². The average Bonchev–Trinajstić information content (AvgIpc) is 2.71. The fraction of sp³-hybridized carbons (Fsp3) is 0.435. The first kappa shape index (κ1) is 19.6. The molecular formula is C23H26N2O4. The molecule has 1 aromatic carbocycles. The van der Waals surface area contributed by atoms with Gasteiger partial charge in [0.05, 0.1) is 25.3 Å². The van der Waals surface area contributed by atoms with E-state index >= 15 is 0 Å². The van der Waals surface area contributed by atoms with Gasteiger partial charge in [-0.3, -0.25) is 14.7 Å². The predicted molar refractivity (Wildman–Crippen MR) is 108 cm³/mol. The van der Waals surface area contributed by atoms with E-state index in [1.807, 2.05) is 50.2 Å². The molecular weight excluding hydrogens is 368 g/mol. The zero-order valence-electron chi connectivity index (χ0n) is 16.8. The van der Waals surface area contributed by atoms with Gasteiger partial charge in [0.2, 0.25) is 0 Å². The van der Waals surface area contributed by atoms with Gasteiger partial charge in [0.15, 0.2) is 5.78 Å². The van der Waals surface area contributed by atoms with Gasteiger partial charge in [0.25, 0.3) is 0 Å². The summed E-state index contributed by atoms with van der Waals surface area (Å²) in [7, 11) is 0. The number of pyridine rings is 1. The number of aryl methyl sites for hydroxylation is 2. The van der Waals surface area contributed by atoms with Gasteiger partial charge in [-0.25, -0.2) is 4.79 Å². The molecule has 2 saturated heterocycles. The number of carbonyl (C=O) groups is 2. The molecule has 3 heterocycles. The Kier molecular flexibility index (Phi) is 5.62. The highest BCUT2D eigenvalue weighted by atomic mass is 16.6. The zero-order valence-corrected chi connectivity index (χ0v) is 16.8. The number of piperidine rings is 1. The first-order chi connectivity index (χ1) is 14.0. The maximum atomic E-state index is 13.1.